The summed E-state index contributed by atoms with van der Waals surface area (Å²) in [6.45, 7) is 1.47. The van der Waals surface area contributed by atoms with Crippen LogP contribution in [0.5, 0.6) is 0 Å². The van der Waals surface area contributed by atoms with Crippen molar-refractivity contribution in [2.75, 3.05) is 18.0 Å². The van der Waals surface area contributed by atoms with Crippen molar-refractivity contribution in [1.29, 1.82) is 0 Å². The zero-order chi connectivity index (χ0) is 17.9. The van der Waals surface area contributed by atoms with Gasteiger partial charge in [-0.15, -0.1) is 0 Å². The van der Waals surface area contributed by atoms with Gasteiger partial charge in [-0.1, -0.05) is 12.1 Å². The Bertz CT molecular complexity index is 822. The molecule has 1 N–H and O–H groups in total. The minimum atomic E-state index is -0.524. The van der Waals surface area contributed by atoms with Gasteiger partial charge in [-0.05, 0) is 55.4 Å². The Balaban J connectivity index is 1.40. The van der Waals surface area contributed by atoms with Crippen LogP contribution in [0.4, 0.5) is 5.95 Å². The minimum Gasteiger partial charge on any atom is -0.345 e. The van der Waals surface area contributed by atoms with Crippen LogP contribution in [-0.4, -0.2) is 40.8 Å². The highest BCUT2D eigenvalue weighted by Crippen LogP contribution is 2.23. The first kappa shape index (κ1) is 16.7. The van der Waals surface area contributed by atoms with Crippen molar-refractivity contribution in [2.24, 2.45) is 0 Å². The molecule has 1 aliphatic carbocycles. The fraction of sp³-hybridized carbons (Fsp3) is 0.400. The number of aromatic nitrogens is 2. The minimum absolute atomic E-state index is 0.0709. The van der Waals surface area contributed by atoms with E-state index >= 15 is 0 Å². The molecule has 134 valence electrons. The van der Waals surface area contributed by atoms with Crippen molar-refractivity contribution in [3.8, 4) is 0 Å². The molecule has 1 saturated heterocycles. The number of aryl methyl sites for hydroxylation is 2. The molecule has 2 heterocycles. The molecule has 1 atom stereocenters. The second-order valence-corrected chi connectivity index (χ2v) is 6.97. The summed E-state index contributed by atoms with van der Waals surface area (Å²) in [5.41, 5.74) is 2.99. The van der Waals surface area contributed by atoms with Gasteiger partial charge in [-0.3, -0.25) is 9.59 Å². The van der Waals surface area contributed by atoms with Gasteiger partial charge in [0, 0.05) is 37.1 Å². The number of benzene rings is 1. The molecule has 2 aromatic rings. The Morgan fingerprint density at radius 2 is 1.88 bits per heavy atom. The summed E-state index contributed by atoms with van der Waals surface area (Å²) >= 11 is 0. The lowest BCUT2D eigenvalue weighted by atomic mass is 10.0. The first-order valence-electron chi connectivity index (χ1n) is 9.19. The lowest BCUT2D eigenvalue weighted by Gasteiger charge is -2.32. The molecule has 0 saturated carbocycles. The van der Waals surface area contributed by atoms with Crippen molar-refractivity contribution in [3.63, 3.8) is 0 Å². The number of nitrogens with zero attached hydrogens (tertiary/aromatic N) is 3. The molecule has 0 spiro atoms. The van der Waals surface area contributed by atoms with E-state index in [1.54, 1.807) is 24.5 Å². The summed E-state index contributed by atoms with van der Waals surface area (Å²) in [6.07, 6.45) is 8.38. The molecule has 0 bridgehead atoms. The van der Waals surface area contributed by atoms with Crippen molar-refractivity contribution < 1.29 is 9.59 Å². The number of Topliss-reactive ketones (excluding diaryl/α,β-unsaturated/α-hetero) is 1. The van der Waals surface area contributed by atoms with Crippen LogP contribution in [0.3, 0.4) is 0 Å². The number of ketones is 1. The third kappa shape index (κ3) is 3.45. The Labute approximate surface area is 152 Å². The van der Waals surface area contributed by atoms with Gasteiger partial charge in [0.2, 0.25) is 11.7 Å². The van der Waals surface area contributed by atoms with Gasteiger partial charge in [-0.25, -0.2) is 9.97 Å². The van der Waals surface area contributed by atoms with Gasteiger partial charge in [-0.2, -0.15) is 0 Å². The molecule has 1 fully saturated rings. The summed E-state index contributed by atoms with van der Waals surface area (Å²) in [5, 5.41) is 2.90. The first-order chi connectivity index (χ1) is 12.7. The Hall–Kier alpha value is -2.76. The summed E-state index contributed by atoms with van der Waals surface area (Å²) in [7, 11) is 0. The summed E-state index contributed by atoms with van der Waals surface area (Å²) < 4.78 is 0. The van der Waals surface area contributed by atoms with Crippen LogP contribution in [0, 0.1) is 0 Å². The third-order valence-electron chi connectivity index (χ3n) is 5.16. The zero-order valence-electron chi connectivity index (χ0n) is 14.6. The molecule has 1 amide bonds. The van der Waals surface area contributed by atoms with Crippen LogP contribution >= 0.6 is 0 Å². The number of carbonyl (C=O) groups excluding carboxylic acids is 2. The van der Waals surface area contributed by atoms with Crippen LogP contribution < -0.4 is 10.2 Å². The normalized spacial score (nSPS) is 19.1. The maximum absolute atomic E-state index is 12.5. The van der Waals surface area contributed by atoms with Gasteiger partial charge in [0.05, 0.1) is 0 Å². The highest BCUT2D eigenvalue weighted by atomic mass is 16.2. The number of carbonyl (C=O) groups is 2. The number of piperidine rings is 1. The molecule has 0 radical (unpaired) electrons. The van der Waals surface area contributed by atoms with E-state index in [1.807, 2.05) is 17.0 Å². The Kier molecular flexibility index (Phi) is 4.65. The maximum Gasteiger partial charge on any atom is 0.292 e. The third-order valence-corrected chi connectivity index (χ3v) is 5.16. The van der Waals surface area contributed by atoms with E-state index in [0.29, 0.717) is 18.1 Å². The fourth-order valence-corrected chi connectivity index (χ4v) is 3.83. The van der Waals surface area contributed by atoms with Crippen molar-refractivity contribution in [2.45, 2.75) is 38.1 Å². The molecule has 2 aliphatic rings. The monoisotopic (exact) mass is 350 g/mol. The molecular formula is C20H22N4O2. The standard InChI is InChI=1S/C20H22N4O2/c25-18(16-8-7-14-4-1-5-15(14)12-16)19(26)23-17-6-2-11-24(13-17)20-21-9-3-10-22-20/h3,7-10,12,17H,1-2,4-6,11,13H2,(H,23,26)/t17-/m1/s1. The van der Waals surface area contributed by atoms with E-state index in [1.165, 1.54) is 11.1 Å². The maximum atomic E-state index is 12.5. The SMILES string of the molecule is O=C(N[C@@H]1CCCN(c2ncccn2)C1)C(=O)c1ccc2c(c1)CCC2. The predicted molar refractivity (Wildman–Crippen MR) is 98.2 cm³/mol. The van der Waals surface area contributed by atoms with Crippen molar-refractivity contribution >= 4 is 17.6 Å². The van der Waals surface area contributed by atoms with Crippen LogP contribution in [0.1, 0.15) is 40.7 Å². The van der Waals surface area contributed by atoms with E-state index in [0.717, 1.165) is 38.6 Å². The van der Waals surface area contributed by atoms with Crippen LogP contribution in [0.2, 0.25) is 0 Å². The van der Waals surface area contributed by atoms with E-state index in [9.17, 15) is 9.59 Å². The number of nitrogens with one attached hydrogen (secondary N) is 1. The number of hydrogen-bond acceptors (Lipinski definition) is 5. The van der Waals surface area contributed by atoms with Gasteiger partial charge in [0.25, 0.3) is 5.91 Å². The number of rotatable bonds is 4. The fourth-order valence-electron chi connectivity index (χ4n) is 3.83. The molecule has 1 aromatic carbocycles. The highest BCUT2D eigenvalue weighted by molar-refractivity contribution is 6.42. The summed E-state index contributed by atoms with van der Waals surface area (Å²) in [5.74, 6) is -0.312. The van der Waals surface area contributed by atoms with E-state index in [2.05, 4.69) is 15.3 Å². The molecule has 4 rings (SSSR count). The number of anilines is 1. The van der Waals surface area contributed by atoms with Crippen LogP contribution in [0.15, 0.2) is 36.7 Å². The highest BCUT2D eigenvalue weighted by Gasteiger charge is 2.26. The number of hydrogen-bond donors (Lipinski definition) is 1. The number of amides is 1. The molecule has 6 heteroatoms. The van der Waals surface area contributed by atoms with Crippen molar-refractivity contribution in [1.82, 2.24) is 15.3 Å². The van der Waals surface area contributed by atoms with E-state index in [4.69, 9.17) is 0 Å². The Morgan fingerprint density at radius 3 is 2.73 bits per heavy atom. The Morgan fingerprint density at radius 1 is 1.08 bits per heavy atom. The van der Waals surface area contributed by atoms with Gasteiger partial charge in [0.1, 0.15) is 0 Å². The largest absolute Gasteiger partial charge is 0.345 e. The van der Waals surface area contributed by atoms with Crippen molar-refractivity contribution in [3.05, 3.63) is 53.3 Å². The smallest absolute Gasteiger partial charge is 0.292 e. The first-order valence-corrected chi connectivity index (χ1v) is 9.19. The molecule has 6 nitrogen and oxygen atoms in total. The molecular weight excluding hydrogens is 328 g/mol. The molecule has 1 aromatic heterocycles. The van der Waals surface area contributed by atoms with Crippen LogP contribution in [0.25, 0.3) is 0 Å². The van der Waals surface area contributed by atoms with E-state index in [-0.39, 0.29) is 6.04 Å². The summed E-state index contributed by atoms with van der Waals surface area (Å²) in [6, 6.07) is 7.35. The van der Waals surface area contributed by atoms with Gasteiger partial charge in [0.15, 0.2) is 0 Å². The quantitative estimate of drug-likeness (QED) is 0.674. The predicted octanol–water partition coefficient (Wildman–Crippen LogP) is 1.93. The average Bonchev–Trinajstić information content (AvgIpc) is 3.16. The summed E-state index contributed by atoms with van der Waals surface area (Å²) in [4.78, 5) is 35.5. The topological polar surface area (TPSA) is 75.2 Å². The second kappa shape index (κ2) is 7.23. The van der Waals surface area contributed by atoms with Gasteiger partial charge < -0.3 is 10.2 Å². The second-order valence-electron chi connectivity index (χ2n) is 6.97. The molecule has 1 aliphatic heterocycles. The zero-order valence-corrected chi connectivity index (χ0v) is 14.6. The lowest BCUT2D eigenvalue weighted by molar-refractivity contribution is -0.117. The molecule has 0 unspecified atom stereocenters. The number of fused-ring (bicyclic) bond motifs is 1. The molecule has 26 heavy (non-hydrogen) atoms. The lowest BCUT2D eigenvalue weighted by Crippen LogP contribution is -2.49. The van der Waals surface area contributed by atoms with E-state index < -0.39 is 11.7 Å². The van der Waals surface area contributed by atoms with Crippen LogP contribution in [-0.2, 0) is 17.6 Å². The average molecular weight is 350 g/mol. The van der Waals surface area contributed by atoms with Gasteiger partial charge >= 0.3 is 0 Å².